The maximum absolute atomic E-state index is 12.8. The molecular weight excluding hydrogens is 633 g/mol. The summed E-state index contributed by atoms with van der Waals surface area (Å²) in [6, 6.07) is 11.3. The van der Waals surface area contributed by atoms with Crippen molar-refractivity contribution < 1.29 is 47.9 Å². The fourth-order valence-corrected chi connectivity index (χ4v) is 4.00. The van der Waals surface area contributed by atoms with Gasteiger partial charge in [-0.15, -0.1) is 0 Å². The SMILES string of the molecule is CN(C)CCCN(C)C(=O)Oc1ccccc1OSOc1ccc(C=O)cc1C(=O)NCCCCCC[S-].[Pd]. The van der Waals surface area contributed by atoms with Gasteiger partial charge in [0.2, 0.25) is 0 Å². The van der Waals surface area contributed by atoms with Crippen molar-refractivity contribution in [3.05, 3.63) is 53.6 Å². The van der Waals surface area contributed by atoms with E-state index in [1.807, 2.05) is 19.0 Å². The van der Waals surface area contributed by atoms with Gasteiger partial charge in [0.15, 0.2) is 17.2 Å². The Morgan fingerprint density at radius 3 is 2.31 bits per heavy atom. The van der Waals surface area contributed by atoms with Crippen molar-refractivity contribution in [1.82, 2.24) is 15.1 Å². The first-order valence-electron chi connectivity index (χ1n) is 12.5. The van der Waals surface area contributed by atoms with Gasteiger partial charge in [-0.2, -0.15) is 5.75 Å². The molecule has 0 bridgehead atoms. The summed E-state index contributed by atoms with van der Waals surface area (Å²) in [5.41, 5.74) is 0.571. The minimum atomic E-state index is -0.502. The molecule has 1 N–H and O–H groups in total. The van der Waals surface area contributed by atoms with Crippen LogP contribution in [0, 0.1) is 0 Å². The van der Waals surface area contributed by atoms with Gasteiger partial charge >= 0.3 is 6.09 Å². The van der Waals surface area contributed by atoms with Crippen LogP contribution in [-0.4, -0.2) is 74.6 Å². The molecule has 0 aromatic heterocycles. The Bertz CT molecular complexity index is 1040. The normalized spacial score (nSPS) is 10.4. The van der Waals surface area contributed by atoms with Crippen LogP contribution < -0.4 is 18.4 Å². The van der Waals surface area contributed by atoms with Crippen molar-refractivity contribution in [1.29, 1.82) is 0 Å². The maximum atomic E-state index is 12.8. The molecule has 218 valence electrons. The summed E-state index contributed by atoms with van der Waals surface area (Å²) in [4.78, 5) is 40.1. The molecule has 0 aliphatic heterocycles. The van der Waals surface area contributed by atoms with Crippen LogP contribution in [0.3, 0.4) is 0 Å². The Morgan fingerprint density at radius 1 is 0.923 bits per heavy atom. The summed E-state index contributed by atoms with van der Waals surface area (Å²) >= 11 is 5.57. The topological polar surface area (TPSA) is 97.4 Å². The summed E-state index contributed by atoms with van der Waals surface area (Å²) in [7, 11) is 5.63. The zero-order chi connectivity index (χ0) is 27.8. The number of amides is 2. The van der Waals surface area contributed by atoms with Gasteiger partial charge in [-0.25, -0.2) is 4.79 Å². The predicted octanol–water partition coefficient (Wildman–Crippen LogP) is 4.74. The third kappa shape index (κ3) is 13.1. The fourth-order valence-electron chi connectivity index (χ4n) is 3.33. The van der Waals surface area contributed by atoms with E-state index >= 15 is 0 Å². The fraction of sp³-hybridized carbons (Fsp3) is 0.444. The van der Waals surface area contributed by atoms with E-state index in [1.165, 1.54) is 17.0 Å². The Labute approximate surface area is 254 Å². The van der Waals surface area contributed by atoms with Crippen LogP contribution in [0.25, 0.3) is 0 Å². The van der Waals surface area contributed by atoms with Gasteiger partial charge in [0.1, 0.15) is 6.29 Å². The number of rotatable bonds is 17. The average molecular weight is 669 g/mol. The Kier molecular flexibility index (Phi) is 17.6. The second-order valence-corrected chi connectivity index (χ2v) is 9.75. The van der Waals surface area contributed by atoms with Gasteiger partial charge in [-0.3, -0.25) is 9.59 Å². The van der Waals surface area contributed by atoms with Crippen LogP contribution in [0.15, 0.2) is 42.5 Å². The smallest absolute Gasteiger partial charge is 0.415 e. The molecule has 12 heteroatoms. The molecule has 0 fully saturated rings. The average Bonchev–Trinajstić information content (AvgIpc) is 2.91. The van der Waals surface area contributed by atoms with Gasteiger partial charge in [-0.1, -0.05) is 31.4 Å². The molecule has 39 heavy (non-hydrogen) atoms. The van der Waals surface area contributed by atoms with Crippen molar-refractivity contribution in [2.45, 2.75) is 32.1 Å². The number of ether oxygens (including phenoxy) is 1. The molecule has 0 saturated heterocycles. The van der Waals surface area contributed by atoms with Crippen LogP contribution in [0.4, 0.5) is 4.79 Å². The zero-order valence-electron chi connectivity index (χ0n) is 22.5. The van der Waals surface area contributed by atoms with Crippen molar-refractivity contribution in [3.8, 4) is 17.2 Å². The summed E-state index contributed by atoms with van der Waals surface area (Å²) in [5, 5.41) is 2.86. The number of hydrogen-bond donors (Lipinski definition) is 1. The van der Waals surface area contributed by atoms with Crippen molar-refractivity contribution in [3.63, 3.8) is 0 Å². The Hall–Kier alpha value is -2.23. The first kappa shape index (κ1) is 34.8. The standard InChI is InChI=1S/C27H37N3O6S2.Pd/c1-29(2)16-10-17-30(3)27(33)34-24-11-6-7-12-25(24)36-38-35-23-14-13-21(20-31)19-22(23)26(32)28-15-8-4-5-9-18-37;/h6-7,11-14,19-20,37H,4-5,8-10,15-18H2,1-3H3,(H,28,32);/p-1. The van der Waals surface area contributed by atoms with Crippen molar-refractivity contribution >= 4 is 43.2 Å². The summed E-state index contributed by atoms with van der Waals surface area (Å²) in [5.74, 6) is 1.14. The minimum Gasteiger partial charge on any atom is -0.793 e. The van der Waals surface area contributed by atoms with E-state index in [2.05, 4.69) is 5.32 Å². The number of carbonyl (C=O) groups is 3. The van der Waals surface area contributed by atoms with Crippen LogP contribution in [0.1, 0.15) is 52.8 Å². The molecule has 0 aliphatic carbocycles. The van der Waals surface area contributed by atoms with Gasteiger partial charge in [0, 0.05) is 46.1 Å². The molecule has 9 nitrogen and oxygen atoms in total. The molecule has 2 amide bonds. The number of nitrogens with one attached hydrogen (secondary N) is 1. The van der Waals surface area contributed by atoms with Gasteiger partial charge in [0.25, 0.3) is 18.2 Å². The zero-order valence-corrected chi connectivity index (χ0v) is 25.6. The van der Waals surface area contributed by atoms with E-state index < -0.39 is 6.09 Å². The Balaban J connectivity index is 0.00000760. The third-order valence-corrected chi connectivity index (χ3v) is 6.23. The van der Waals surface area contributed by atoms with Crippen LogP contribution >= 0.6 is 12.3 Å². The quantitative estimate of drug-likeness (QED) is 0.0843. The molecule has 0 unspecified atom stereocenters. The van der Waals surface area contributed by atoms with Gasteiger partial charge in [-0.05, 0) is 63.8 Å². The minimum absolute atomic E-state index is 0. The number of aldehydes is 1. The van der Waals surface area contributed by atoms with E-state index in [9.17, 15) is 14.4 Å². The molecule has 2 rings (SSSR count). The molecule has 2 aromatic carbocycles. The van der Waals surface area contributed by atoms with Crippen LogP contribution in [0.5, 0.6) is 17.2 Å². The first-order valence-corrected chi connectivity index (χ1v) is 13.7. The molecule has 0 spiro atoms. The van der Waals surface area contributed by atoms with Gasteiger partial charge < -0.3 is 40.8 Å². The van der Waals surface area contributed by atoms with E-state index in [-0.39, 0.29) is 49.1 Å². The van der Waals surface area contributed by atoms with E-state index in [0.29, 0.717) is 37.3 Å². The maximum Gasteiger partial charge on any atom is 0.415 e. The third-order valence-electron chi connectivity index (χ3n) is 5.45. The number of benzene rings is 2. The number of para-hydroxylation sites is 2. The number of unbranched alkanes of at least 4 members (excludes halogenated alkanes) is 3. The molecule has 0 saturated carbocycles. The molecule has 0 aliphatic rings. The van der Waals surface area contributed by atoms with Crippen LogP contribution in [-0.2, 0) is 33.1 Å². The van der Waals surface area contributed by atoms with E-state index in [4.69, 9.17) is 25.7 Å². The monoisotopic (exact) mass is 668 g/mol. The van der Waals surface area contributed by atoms with Crippen molar-refractivity contribution in [2.75, 3.05) is 46.5 Å². The predicted molar refractivity (Wildman–Crippen MR) is 152 cm³/mol. The molecule has 0 atom stereocenters. The summed E-state index contributed by atoms with van der Waals surface area (Å²) < 4.78 is 16.8. The Morgan fingerprint density at radius 2 is 1.62 bits per heavy atom. The number of carbonyl (C=O) groups excluding carboxylic acids is 3. The first-order chi connectivity index (χ1) is 18.3. The van der Waals surface area contributed by atoms with E-state index in [0.717, 1.165) is 44.4 Å². The molecule has 0 heterocycles. The van der Waals surface area contributed by atoms with E-state index in [1.54, 1.807) is 37.4 Å². The van der Waals surface area contributed by atoms with Crippen molar-refractivity contribution in [2.24, 2.45) is 0 Å². The second-order valence-electron chi connectivity index (χ2n) is 8.88. The largest absolute Gasteiger partial charge is 0.793 e. The summed E-state index contributed by atoms with van der Waals surface area (Å²) in [6.45, 7) is 1.91. The molecule has 0 radical (unpaired) electrons. The second kappa shape index (κ2) is 19.8. The van der Waals surface area contributed by atoms with Crippen LogP contribution in [0.2, 0.25) is 0 Å². The number of nitrogens with zero attached hydrogens (tertiary/aromatic N) is 2. The van der Waals surface area contributed by atoms with Gasteiger partial charge in [0.05, 0.1) is 5.56 Å². The number of hydrogen-bond acceptors (Lipinski definition) is 9. The molecular formula is C27H36N3O6PdS2-. The summed E-state index contributed by atoms with van der Waals surface area (Å²) in [6.07, 6.45) is 4.83. The molecule has 2 aromatic rings.